The molecule has 2 heteroatoms. The molecule has 0 bridgehead atoms. The number of ether oxygens (including phenoxy) is 1. The van der Waals surface area contributed by atoms with Crippen LogP contribution in [0.2, 0.25) is 0 Å². The van der Waals surface area contributed by atoms with E-state index in [9.17, 15) is 0 Å². The number of terminal acetylenes is 1. The third kappa shape index (κ3) is 5.20. The Balaban J connectivity index is 1.97. The van der Waals surface area contributed by atoms with E-state index < -0.39 is 0 Å². The highest BCUT2D eigenvalue weighted by molar-refractivity contribution is 4.83. The third-order valence-electron chi connectivity index (χ3n) is 3.19. The van der Waals surface area contributed by atoms with Gasteiger partial charge in [0.2, 0.25) is 0 Å². The third-order valence-corrected chi connectivity index (χ3v) is 3.19. The minimum atomic E-state index is 0.504. The van der Waals surface area contributed by atoms with Gasteiger partial charge < -0.3 is 10.1 Å². The minimum absolute atomic E-state index is 0.504. The summed E-state index contributed by atoms with van der Waals surface area (Å²) in [6, 6.07) is 0.710. The smallest absolute Gasteiger partial charge is 0.0572 e. The maximum absolute atomic E-state index is 5.35. The first-order chi connectivity index (χ1) is 7.36. The van der Waals surface area contributed by atoms with Gasteiger partial charge in [-0.2, -0.15) is 0 Å². The fourth-order valence-electron chi connectivity index (χ4n) is 2.16. The molecule has 0 atom stereocenters. The van der Waals surface area contributed by atoms with Crippen molar-refractivity contribution in [3.8, 4) is 12.3 Å². The second kappa shape index (κ2) is 7.73. The molecule has 0 aromatic carbocycles. The van der Waals surface area contributed by atoms with E-state index in [1.54, 1.807) is 0 Å². The van der Waals surface area contributed by atoms with Crippen LogP contribution in [0, 0.1) is 12.3 Å². The summed E-state index contributed by atoms with van der Waals surface area (Å²) in [7, 11) is 1.82. The first-order valence-electron chi connectivity index (χ1n) is 6.06. The second-order valence-electron chi connectivity index (χ2n) is 4.32. The van der Waals surface area contributed by atoms with E-state index in [0.717, 1.165) is 19.4 Å². The average molecular weight is 209 g/mol. The van der Waals surface area contributed by atoms with E-state index in [2.05, 4.69) is 11.2 Å². The van der Waals surface area contributed by atoms with Gasteiger partial charge in [0, 0.05) is 19.6 Å². The largest absolute Gasteiger partial charge is 0.381 e. The Morgan fingerprint density at radius 2 is 2.00 bits per heavy atom. The highest BCUT2D eigenvalue weighted by atomic mass is 16.5. The molecule has 1 fully saturated rings. The molecule has 0 aliphatic heterocycles. The van der Waals surface area contributed by atoms with Crippen LogP contribution in [0.5, 0.6) is 0 Å². The summed E-state index contributed by atoms with van der Waals surface area (Å²) < 4.78 is 5.35. The number of hydrogen-bond acceptors (Lipinski definition) is 2. The van der Waals surface area contributed by atoms with Crippen molar-refractivity contribution < 1.29 is 4.74 Å². The Labute approximate surface area is 93.8 Å². The van der Waals surface area contributed by atoms with E-state index in [4.69, 9.17) is 11.2 Å². The van der Waals surface area contributed by atoms with Gasteiger partial charge in [-0.25, -0.2) is 0 Å². The summed E-state index contributed by atoms with van der Waals surface area (Å²) in [5, 5.41) is 3.60. The van der Waals surface area contributed by atoms with Crippen molar-refractivity contribution in [2.24, 2.45) is 0 Å². The van der Waals surface area contributed by atoms with Crippen LogP contribution in [0.15, 0.2) is 0 Å². The van der Waals surface area contributed by atoms with Gasteiger partial charge in [-0.1, -0.05) is 0 Å². The molecule has 1 rings (SSSR count). The molecule has 0 saturated heterocycles. The minimum Gasteiger partial charge on any atom is -0.381 e. The topological polar surface area (TPSA) is 21.3 Å². The number of nitrogens with one attached hydrogen (secondary N) is 1. The van der Waals surface area contributed by atoms with Crippen LogP contribution in [-0.2, 0) is 4.74 Å². The standard InChI is InChI=1S/C13H23NO/c1-3-4-5-6-11-14-12-7-9-13(15-2)10-8-12/h1,12-14H,4-11H2,2H3. The molecule has 0 heterocycles. The maximum atomic E-state index is 5.35. The van der Waals surface area contributed by atoms with Crippen molar-refractivity contribution in [3.63, 3.8) is 0 Å². The van der Waals surface area contributed by atoms with Gasteiger partial charge in [0.25, 0.3) is 0 Å². The van der Waals surface area contributed by atoms with E-state index >= 15 is 0 Å². The van der Waals surface area contributed by atoms with Gasteiger partial charge in [-0.05, 0) is 45.1 Å². The molecule has 0 aromatic heterocycles. The average Bonchev–Trinajstić information content (AvgIpc) is 2.30. The number of rotatable bonds is 6. The Hall–Kier alpha value is -0.520. The fraction of sp³-hybridized carbons (Fsp3) is 0.846. The summed E-state index contributed by atoms with van der Waals surface area (Å²) in [6.07, 6.45) is 13.9. The van der Waals surface area contributed by atoms with Crippen molar-refractivity contribution in [2.75, 3.05) is 13.7 Å². The highest BCUT2D eigenvalue weighted by Crippen LogP contribution is 2.20. The summed E-state index contributed by atoms with van der Waals surface area (Å²) >= 11 is 0. The van der Waals surface area contributed by atoms with Crippen LogP contribution < -0.4 is 5.32 Å². The zero-order chi connectivity index (χ0) is 10.9. The Kier molecular flexibility index (Phi) is 6.47. The van der Waals surface area contributed by atoms with Crippen LogP contribution in [-0.4, -0.2) is 25.8 Å². The van der Waals surface area contributed by atoms with Gasteiger partial charge in [0.05, 0.1) is 6.10 Å². The predicted molar refractivity (Wildman–Crippen MR) is 63.7 cm³/mol. The van der Waals surface area contributed by atoms with Crippen LogP contribution in [0.4, 0.5) is 0 Å². The number of methoxy groups -OCH3 is 1. The number of unbranched alkanes of at least 4 members (excludes halogenated alkanes) is 2. The first kappa shape index (κ1) is 12.5. The molecule has 0 amide bonds. The molecule has 0 aromatic rings. The molecule has 1 aliphatic carbocycles. The molecule has 1 N–H and O–H groups in total. The van der Waals surface area contributed by atoms with Crippen molar-refractivity contribution in [1.82, 2.24) is 5.32 Å². The Morgan fingerprint density at radius 1 is 1.27 bits per heavy atom. The zero-order valence-electron chi connectivity index (χ0n) is 9.80. The molecule has 2 nitrogen and oxygen atoms in total. The Bertz CT molecular complexity index is 189. The maximum Gasteiger partial charge on any atom is 0.0572 e. The first-order valence-corrected chi connectivity index (χ1v) is 6.06. The lowest BCUT2D eigenvalue weighted by Gasteiger charge is -2.28. The molecular weight excluding hydrogens is 186 g/mol. The SMILES string of the molecule is C#CCCCCNC1CCC(OC)CC1. The van der Waals surface area contributed by atoms with Crippen molar-refractivity contribution >= 4 is 0 Å². The number of hydrogen-bond donors (Lipinski definition) is 1. The molecule has 86 valence electrons. The van der Waals surface area contributed by atoms with Gasteiger partial charge in [-0.3, -0.25) is 0 Å². The van der Waals surface area contributed by atoms with Crippen LogP contribution in [0.25, 0.3) is 0 Å². The normalized spacial score (nSPS) is 26.1. The van der Waals surface area contributed by atoms with Gasteiger partial charge in [-0.15, -0.1) is 12.3 Å². The van der Waals surface area contributed by atoms with Crippen LogP contribution in [0.1, 0.15) is 44.9 Å². The quantitative estimate of drug-likeness (QED) is 0.535. The van der Waals surface area contributed by atoms with Crippen LogP contribution >= 0.6 is 0 Å². The zero-order valence-corrected chi connectivity index (χ0v) is 9.80. The van der Waals surface area contributed by atoms with Crippen LogP contribution in [0.3, 0.4) is 0 Å². The predicted octanol–water partition coefficient (Wildman–Crippen LogP) is 2.34. The summed E-state index contributed by atoms with van der Waals surface area (Å²) in [5.74, 6) is 2.68. The van der Waals surface area contributed by atoms with Crippen molar-refractivity contribution in [1.29, 1.82) is 0 Å². The van der Waals surface area contributed by atoms with Gasteiger partial charge in [0.15, 0.2) is 0 Å². The lowest BCUT2D eigenvalue weighted by Crippen LogP contribution is -2.35. The van der Waals surface area contributed by atoms with Gasteiger partial charge >= 0.3 is 0 Å². The second-order valence-corrected chi connectivity index (χ2v) is 4.32. The molecule has 0 radical (unpaired) electrons. The van der Waals surface area contributed by atoms with Gasteiger partial charge in [0.1, 0.15) is 0 Å². The van der Waals surface area contributed by atoms with E-state index in [1.165, 1.54) is 32.1 Å². The van der Waals surface area contributed by atoms with E-state index in [0.29, 0.717) is 12.1 Å². The molecule has 1 aliphatic rings. The molecule has 15 heavy (non-hydrogen) atoms. The fourth-order valence-corrected chi connectivity index (χ4v) is 2.16. The Morgan fingerprint density at radius 3 is 2.60 bits per heavy atom. The molecular formula is C13H23NO. The van der Waals surface area contributed by atoms with E-state index in [1.807, 2.05) is 7.11 Å². The molecule has 0 unspecified atom stereocenters. The molecule has 1 saturated carbocycles. The summed E-state index contributed by atoms with van der Waals surface area (Å²) in [5.41, 5.74) is 0. The lowest BCUT2D eigenvalue weighted by molar-refractivity contribution is 0.0626. The van der Waals surface area contributed by atoms with Crippen molar-refractivity contribution in [3.05, 3.63) is 0 Å². The molecule has 0 spiro atoms. The lowest BCUT2D eigenvalue weighted by atomic mass is 9.93. The van der Waals surface area contributed by atoms with E-state index in [-0.39, 0.29) is 0 Å². The monoisotopic (exact) mass is 209 g/mol. The van der Waals surface area contributed by atoms with Crippen molar-refractivity contribution in [2.45, 2.75) is 57.1 Å². The summed E-state index contributed by atoms with van der Waals surface area (Å²) in [4.78, 5) is 0. The summed E-state index contributed by atoms with van der Waals surface area (Å²) in [6.45, 7) is 1.12. The highest BCUT2D eigenvalue weighted by Gasteiger charge is 2.19.